The molecule has 1 aromatic carbocycles. The molecule has 2 N–H and O–H groups in total. The number of carbonyl (C=O) groups excluding carboxylic acids is 1. The van der Waals surface area contributed by atoms with Gasteiger partial charge in [0, 0.05) is 12.8 Å². The molecule has 0 unspecified atom stereocenters. The van der Waals surface area contributed by atoms with Crippen LogP contribution in [0.4, 0.5) is 4.39 Å². The van der Waals surface area contributed by atoms with Gasteiger partial charge in [0.2, 0.25) is 5.91 Å². The van der Waals surface area contributed by atoms with Crippen molar-refractivity contribution < 1.29 is 19.1 Å². The van der Waals surface area contributed by atoms with Gasteiger partial charge in [-0.2, -0.15) is 0 Å². The Labute approximate surface area is 117 Å². The molecular weight excluding hydrogens is 261 g/mol. The van der Waals surface area contributed by atoms with E-state index in [9.17, 15) is 14.0 Å². The van der Waals surface area contributed by atoms with Crippen molar-refractivity contribution in [3.63, 3.8) is 0 Å². The fraction of sp³-hybridized carbons (Fsp3) is 0.467. The summed E-state index contributed by atoms with van der Waals surface area (Å²) in [6.07, 6.45) is 3.23. The smallest absolute Gasteiger partial charge is 0.303 e. The molecule has 1 aliphatic rings. The van der Waals surface area contributed by atoms with E-state index in [2.05, 4.69) is 5.32 Å². The third-order valence-electron chi connectivity index (χ3n) is 3.78. The summed E-state index contributed by atoms with van der Waals surface area (Å²) in [6.45, 7) is 0. The number of carbonyl (C=O) groups is 2. The third kappa shape index (κ3) is 3.35. The molecule has 0 aliphatic heterocycles. The Balaban J connectivity index is 1.96. The van der Waals surface area contributed by atoms with Gasteiger partial charge in [-0.05, 0) is 43.4 Å². The Kier molecular flexibility index (Phi) is 4.37. The van der Waals surface area contributed by atoms with Crippen molar-refractivity contribution in [1.82, 2.24) is 5.32 Å². The van der Waals surface area contributed by atoms with Crippen molar-refractivity contribution in [2.24, 2.45) is 0 Å². The highest BCUT2D eigenvalue weighted by Gasteiger charge is 2.39. The molecule has 108 valence electrons. The molecule has 0 saturated heterocycles. The summed E-state index contributed by atoms with van der Waals surface area (Å²) in [5.74, 6) is -1.33. The average Bonchev–Trinajstić information content (AvgIpc) is 2.34. The maximum Gasteiger partial charge on any atom is 0.303 e. The SMILES string of the molecule is O=C(O)CCCC(=O)NC1(c2ccc(F)cc2)CCC1. The highest BCUT2D eigenvalue weighted by Crippen LogP contribution is 2.41. The first-order valence-corrected chi connectivity index (χ1v) is 6.81. The van der Waals surface area contributed by atoms with Crippen LogP contribution in [0.3, 0.4) is 0 Å². The highest BCUT2D eigenvalue weighted by atomic mass is 19.1. The number of nitrogens with one attached hydrogen (secondary N) is 1. The van der Waals surface area contributed by atoms with E-state index in [1.54, 1.807) is 12.1 Å². The van der Waals surface area contributed by atoms with Crippen LogP contribution in [0.25, 0.3) is 0 Å². The molecule has 0 spiro atoms. The number of carboxylic acid groups (broad SMARTS) is 1. The number of amides is 1. The fourth-order valence-corrected chi connectivity index (χ4v) is 2.51. The van der Waals surface area contributed by atoms with Crippen molar-refractivity contribution in [3.8, 4) is 0 Å². The summed E-state index contributed by atoms with van der Waals surface area (Å²) < 4.78 is 13.0. The van der Waals surface area contributed by atoms with E-state index in [1.165, 1.54) is 12.1 Å². The largest absolute Gasteiger partial charge is 0.481 e. The van der Waals surface area contributed by atoms with Crippen LogP contribution in [-0.4, -0.2) is 17.0 Å². The maximum atomic E-state index is 13.0. The van der Waals surface area contributed by atoms with Crippen LogP contribution in [0.15, 0.2) is 24.3 Å². The first kappa shape index (κ1) is 14.5. The van der Waals surface area contributed by atoms with Crippen molar-refractivity contribution in [2.45, 2.75) is 44.1 Å². The lowest BCUT2D eigenvalue weighted by Crippen LogP contribution is -2.50. The Morgan fingerprint density at radius 2 is 1.85 bits per heavy atom. The normalized spacial score (nSPS) is 16.2. The maximum absolute atomic E-state index is 13.0. The minimum atomic E-state index is -0.894. The molecule has 0 aromatic heterocycles. The number of carboxylic acids is 1. The van der Waals surface area contributed by atoms with Crippen molar-refractivity contribution in [2.75, 3.05) is 0 Å². The second-order valence-electron chi connectivity index (χ2n) is 5.24. The van der Waals surface area contributed by atoms with Crippen LogP contribution >= 0.6 is 0 Å². The monoisotopic (exact) mass is 279 g/mol. The van der Waals surface area contributed by atoms with E-state index in [0.29, 0.717) is 6.42 Å². The van der Waals surface area contributed by atoms with Gasteiger partial charge >= 0.3 is 5.97 Å². The van der Waals surface area contributed by atoms with Crippen molar-refractivity contribution >= 4 is 11.9 Å². The molecule has 1 fully saturated rings. The Morgan fingerprint density at radius 3 is 2.35 bits per heavy atom. The Morgan fingerprint density at radius 1 is 1.20 bits per heavy atom. The minimum Gasteiger partial charge on any atom is -0.481 e. The van der Waals surface area contributed by atoms with Crippen LogP contribution in [0, 0.1) is 5.82 Å². The average molecular weight is 279 g/mol. The molecule has 0 radical (unpaired) electrons. The van der Waals surface area contributed by atoms with Gasteiger partial charge in [-0.25, -0.2) is 4.39 Å². The number of benzene rings is 1. The van der Waals surface area contributed by atoms with Gasteiger partial charge in [0.25, 0.3) is 0 Å². The summed E-state index contributed by atoms with van der Waals surface area (Å²) in [6, 6.07) is 6.19. The molecular formula is C15H18FNO3. The van der Waals surface area contributed by atoms with E-state index < -0.39 is 11.5 Å². The standard InChI is InChI=1S/C15H18FNO3/c16-12-7-5-11(6-8-12)15(9-2-10-15)17-13(18)3-1-4-14(19)20/h5-8H,1-4,9-10H2,(H,17,18)(H,19,20). The molecule has 5 heteroatoms. The Hall–Kier alpha value is -1.91. The predicted octanol–water partition coefficient (Wildman–Crippen LogP) is 2.58. The summed E-state index contributed by atoms with van der Waals surface area (Å²) in [4.78, 5) is 22.3. The lowest BCUT2D eigenvalue weighted by molar-refractivity contribution is -0.137. The summed E-state index contributed by atoms with van der Waals surface area (Å²) >= 11 is 0. The van der Waals surface area contributed by atoms with Gasteiger partial charge in [-0.3, -0.25) is 9.59 Å². The second-order valence-corrected chi connectivity index (χ2v) is 5.24. The van der Waals surface area contributed by atoms with Crippen LogP contribution in [0.1, 0.15) is 44.1 Å². The van der Waals surface area contributed by atoms with Gasteiger partial charge in [0.05, 0.1) is 5.54 Å². The van der Waals surface area contributed by atoms with Crippen LogP contribution < -0.4 is 5.32 Å². The fourth-order valence-electron chi connectivity index (χ4n) is 2.51. The second kappa shape index (κ2) is 6.03. The zero-order valence-corrected chi connectivity index (χ0v) is 11.2. The minimum absolute atomic E-state index is 0.00301. The molecule has 0 heterocycles. The van der Waals surface area contributed by atoms with Gasteiger partial charge < -0.3 is 10.4 Å². The van der Waals surface area contributed by atoms with Crippen molar-refractivity contribution in [3.05, 3.63) is 35.6 Å². The van der Waals surface area contributed by atoms with E-state index >= 15 is 0 Å². The first-order chi connectivity index (χ1) is 9.52. The highest BCUT2D eigenvalue weighted by molar-refractivity contribution is 5.78. The van der Waals surface area contributed by atoms with E-state index in [-0.39, 0.29) is 24.6 Å². The molecule has 1 amide bonds. The molecule has 1 saturated carbocycles. The van der Waals surface area contributed by atoms with E-state index in [1.807, 2.05) is 0 Å². The van der Waals surface area contributed by atoms with Crippen LogP contribution in [0.2, 0.25) is 0 Å². The number of halogens is 1. The van der Waals surface area contributed by atoms with E-state index in [4.69, 9.17) is 5.11 Å². The molecule has 20 heavy (non-hydrogen) atoms. The molecule has 0 bridgehead atoms. The molecule has 1 aliphatic carbocycles. The van der Waals surface area contributed by atoms with Crippen LogP contribution in [-0.2, 0) is 15.1 Å². The summed E-state index contributed by atoms with van der Waals surface area (Å²) in [7, 11) is 0. The number of aliphatic carboxylic acids is 1. The van der Waals surface area contributed by atoms with Gasteiger partial charge in [0.15, 0.2) is 0 Å². The van der Waals surface area contributed by atoms with Gasteiger partial charge in [-0.15, -0.1) is 0 Å². The molecule has 1 aromatic rings. The quantitative estimate of drug-likeness (QED) is 0.841. The van der Waals surface area contributed by atoms with Gasteiger partial charge in [-0.1, -0.05) is 12.1 Å². The molecule has 0 atom stereocenters. The Bertz CT molecular complexity index is 494. The van der Waals surface area contributed by atoms with E-state index in [0.717, 1.165) is 24.8 Å². The summed E-state index contributed by atoms with van der Waals surface area (Å²) in [5.41, 5.74) is 0.519. The zero-order chi connectivity index (χ0) is 14.6. The number of hydrogen-bond donors (Lipinski definition) is 2. The van der Waals surface area contributed by atoms with Crippen molar-refractivity contribution in [1.29, 1.82) is 0 Å². The number of hydrogen-bond acceptors (Lipinski definition) is 2. The molecule has 4 nitrogen and oxygen atoms in total. The van der Waals surface area contributed by atoms with Crippen LogP contribution in [0.5, 0.6) is 0 Å². The predicted molar refractivity (Wildman–Crippen MR) is 71.6 cm³/mol. The molecule has 2 rings (SSSR count). The number of rotatable bonds is 6. The lowest BCUT2D eigenvalue weighted by Gasteiger charge is -2.43. The zero-order valence-electron chi connectivity index (χ0n) is 11.2. The topological polar surface area (TPSA) is 66.4 Å². The summed E-state index contributed by atoms with van der Waals surface area (Å²) in [5, 5.41) is 11.5. The lowest BCUT2D eigenvalue weighted by atomic mass is 9.71. The first-order valence-electron chi connectivity index (χ1n) is 6.81. The van der Waals surface area contributed by atoms with Gasteiger partial charge in [0.1, 0.15) is 5.82 Å². The third-order valence-corrected chi connectivity index (χ3v) is 3.78.